The Morgan fingerprint density at radius 1 is 1.18 bits per heavy atom. The Kier molecular flexibility index (Phi) is 6.32. The monoisotopic (exact) mass is 453 g/mol. The van der Waals surface area contributed by atoms with Crippen molar-refractivity contribution in [2.75, 3.05) is 44.3 Å². The maximum atomic E-state index is 14.1. The molecule has 2 N–H and O–H groups in total. The van der Waals surface area contributed by atoms with Crippen LogP contribution in [-0.2, 0) is 17.8 Å². The van der Waals surface area contributed by atoms with Crippen molar-refractivity contribution in [2.45, 2.75) is 44.9 Å². The number of pyridine rings is 1. The molecule has 1 unspecified atom stereocenters. The molecule has 0 bridgehead atoms. The second kappa shape index (κ2) is 9.37. The smallest absolute Gasteiger partial charge is 0.249 e. The Morgan fingerprint density at radius 3 is 2.67 bits per heavy atom. The Labute approximate surface area is 194 Å². The van der Waals surface area contributed by atoms with Crippen LogP contribution in [0, 0.1) is 5.82 Å². The van der Waals surface area contributed by atoms with E-state index in [4.69, 9.17) is 15.5 Å². The number of amides is 1. The summed E-state index contributed by atoms with van der Waals surface area (Å²) < 4.78 is 19.5. The van der Waals surface area contributed by atoms with E-state index in [1.54, 1.807) is 6.07 Å². The molecule has 0 aliphatic carbocycles. The van der Waals surface area contributed by atoms with Crippen molar-refractivity contribution in [1.82, 2.24) is 14.8 Å². The number of carbonyl (C=O) groups excluding carboxylic acids is 1. The molecule has 2 aromatic rings. The molecule has 2 saturated heterocycles. The number of carbonyl (C=O) groups is 1. The lowest BCUT2D eigenvalue weighted by molar-refractivity contribution is 0.0812. The van der Waals surface area contributed by atoms with Gasteiger partial charge in [0.15, 0.2) is 0 Å². The van der Waals surface area contributed by atoms with Crippen LogP contribution in [0.2, 0.25) is 0 Å². The van der Waals surface area contributed by atoms with E-state index in [0.717, 1.165) is 81.4 Å². The summed E-state index contributed by atoms with van der Waals surface area (Å²) in [5.41, 5.74) is 8.74. The number of piperidine rings is 1. The van der Waals surface area contributed by atoms with Gasteiger partial charge in [0.1, 0.15) is 11.6 Å². The zero-order valence-corrected chi connectivity index (χ0v) is 19.2. The van der Waals surface area contributed by atoms with E-state index >= 15 is 0 Å². The molecule has 4 heterocycles. The van der Waals surface area contributed by atoms with Gasteiger partial charge >= 0.3 is 0 Å². The van der Waals surface area contributed by atoms with Crippen LogP contribution >= 0.6 is 0 Å². The molecule has 1 aromatic heterocycles. The average Bonchev–Trinajstić information content (AvgIpc) is 3.16. The summed E-state index contributed by atoms with van der Waals surface area (Å²) in [6.07, 6.45) is 2.08. The van der Waals surface area contributed by atoms with Crippen LogP contribution in [0.5, 0.6) is 0 Å². The number of fused-ring (bicyclic) bond motifs is 1. The lowest BCUT2D eigenvalue weighted by atomic mass is 9.99. The van der Waals surface area contributed by atoms with Gasteiger partial charge in [-0.2, -0.15) is 0 Å². The number of nitrogens with zero attached hydrogens (tertiary/aromatic N) is 4. The van der Waals surface area contributed by atoms with Crippen LogP contribution in [0.4, 0.5) is 10.2 Å². The third-order valence-electron chi connectivity index (χ3n) is 7.34. The van der Waals surface area contributed by atoms with Crippen molar-refractivity contribution in [1.29, 1.82) is 0 Å². The minimum Gasteiger partial charge on any atom is -0.378 e. The Morgan fingerprint density at radius 2 is 1.94 bits per heavy atom. The van der Waals surface area contributed by atoms with Gasteiger partial charge in [-0.3, -0.25) is 14.6 Å². The Hall–Kier alpha value is -2.55. The summed E-state index contributed by atoms with van der Waals surface area (Å²) in [6.45, 7) is 8.87. The zero-order chi connectivity index (χ0) is 22.9. The second-order valence-electron chi connectivity index (χ2n) is 9.33. The number of likely N-dealkylation sites (tertiary alicyclic amines) is 1. The van der Waals surface area contributed by atoms with Crippen LogP contribution in [0.3, 0.4) is 0 Å². The molecule has 176 valence electrons. The van der Waals surface area contributed by atoms with Gasteiger partial charge in [0.25, 0.3) is 0 Å². The molecule has 2 fully saturated rings. The minimum atomic E-state index is -0.554. The first-order chi connectivity index (χ1) is 16.0. The van der Waals surface area contributed by atoms with Gasteiger partial charge in [0.2, 0.25) is 5.91 Å². The molecule has 8 heteroatoms. The number of aromatic nitrogens is 1. The first-order valence-electron chi connectivity index (χ1n) is 11.9. The number of morpholine rings is 1. The van der Waals surface area contributed by atoms with Crippen molar-refractivity contribution in [2.24, 2.45) is 5.73 Å². The highest BCUT2D eigenvalue weighted by molar-refractivity contribution is 5.95. The van der Waals surface area contributed by atoms with Gasteiger partial charge in [0.05, 0.1) is 18.9 Å². The predicted molar refractivity (Wildman–Crippen MR) is 124 cm³/mol. The largest absolute Gasteiger partial charge is 0.378 e. The number of hydrogen-bond acceptors (Lipinski definition) is 6. The standard InChI is InChI=1S/C25H32FN5O2/c1-17-21-13-18(26)14-22(25(27)32)23(21)16-31(17)20-5-7-29(8-6-20)15-19-3-2-4-24(28-19)30-9-11-33-12-10-30/h2-4,13-14,17,20H,5-12,15-16H2,1H3,(H2,27,32). The average molecular weight is 454 g/mol. The van der Waals surface area contributed by atoms with E-state index in [2.05, 4.69) is 39.8 Å². The predicted octanol–water partition coefficient (Wildman–Crippen LogP) is 2.70. The second-order valence-corrected chi connectivity index (χ2v) is 9.33. The molecule has 3 aliphatic heterocycles. The van der Waals surface area contributed by atoms with Gasteiger partial charge in [-0.05, 0) is 55.2 Å². The fourth-order valence-corrected chi connectivity index (χ4v) is 5.53. The number of primary amides is 1. The lowest BCUT2D eigenvalue weighted by Gasteiger charge is -2.38. The highest BCUT2D eigenvalue weighted by atomic mass is 19.1. The van der Waals surface area contributed by atoms with Crippen molar-refractivity contribution in [3.05, 3.63) is 58.5 Å². The van der Waals surface area contributed by atoms with Gasteiger partial charge in [-0.25, -0.2) is 9.37 Å². The number of hydrogen-bond donors (Lipinski definition) is 1. The molecule has 7 nitrogen and oxygen atoms in total. The number of ether oxygens (including phenoxy) is 1. The highest BCUT2D eigenvalue weighted by Crippen LogP contribution is 2.39. The first kappa shape index (κ1) is 22.3. The zero-order valence-electron chi connectivity index (χ0n) is 19.2. The van der Waals surface area contributed by atoms with E-state index in [9.17, 15) is 9.18 Å². The SMILES string of the molecule is CC1c2cc(F)cc(C(N)=O)c2CN1C1CCN(Cc2cccc(N3CCOCC3)n2)CC1. The summed E-state index contributed by atoms with van der Waals surface area (Å²) in [4.78, 5) is 23.9. The van der Waals surface area contributed by atoms with Gasteiger partial charge in [-0.15, -0.1) is 0 Å². The van der Waals surface area contributed by atoms with Crippen molar-refractivity contribution in [3.63, 3.8) is 0 Å². The highest BCUT2D eigenvalue weighted by Gasteiger charge is 2.36. The first-order valence-corrected chi connectivity index (χ1v) is 11.9. The van der Waals surface area contributed by atoms with Gasteiger partial charge in [0, 0.05) is 56.9 Å². The molecule has 3 aliphatic rings. The number of anilines is 1. The van der Waals surface area contributed by atoms with Crippen molar-refractivity contribution >= 4 is 11.7 Å². The minimum absolute atomic E-state index is 0.0808. The summed E-state index contributed by atoms with van der Waals surface area (Å²) in [5, 5.41) is 0. The van der Waals surface area contributed by atoms with E-state index in [1.807, 2.05) is 0 Å². The Bertz CT molecular complexity index is 1020. The molecule has 5 rings (SSSR count). The third-order valence-corrected chi connectivity index (χ3v) is 7.34. The maximum Gasteiger partial charge on any atom is 0.249 e. The van der Waals surface area contributed by atoms with Gasteiger partial charge < -0.3 is 15.4 Å². The molecular formula is C25H32FN5O2. The molecule has 1 amide bonds. The molecule has 0 spiro atoms. The molecule has 0 saturated carbocycles. The number of rotatable bonds is 5. The number of halogens is 1. The fraction of sp³-hybridized carbons (Fsp3) is 0.520. The summed E-state index contributed by atoms with van der Waals surface area (Å²) in [6, 6.07) is 9.61. The summed E-state index contributed by atoms with van der Waals surface area (Å²) in [5.74, 6) is 0.0890. The molecule has 1 aromatic carbocycles. The topological polar surface area (TPSA) is 74.9 Å². The van der Waals surface area contributed by atoms with Crippen LogP contribution in [0.1, 0.15) is 53.0 Å². The summed E-state index contributed by atoms with van der Waals surface area (Å²) >= 11 is 0. The maximum absolute atomic E-state index is 14.1. The number of nitrogens with two attached hydrogens (primary N) is 1. The quantitative estimate of drug-likeness (QED) is 0.750. The van der Waals surface area contributed by atoms with E-state index in [0.29, 0.717) is 18.2 Å². The molecular weight excluding hydrogens is 421 g/mol. The van der Waals surface area contributed by atoms with Crippen LogP contribution in [0.25, 0.3) is 0 Å². The third kappa shape index (κ3) is 4.60. The number of benzene rings is 1. The van der Waals surface area contributed by atoms with Crippen LogP contribution in [-0.4, -0.2) is 66.1 Å². The van der Waals surface area contributed by atoms with Crippen molar-refractivity contribution < 1.29 is 13.9 Å². The van der Waals surface area contributed by atoms with E-state index in [1.165, 1.54) is 6.07 Å². The summed E-state index contributed by atoms with van der Waals surface area (Å²) in [7, 11) is 0. The van der Waals surface area contributed by atoms with Crippen molar-refractivity contribution in [3.8, 4) is 0 Å². The molecule has 33 heavy (non-hydrogen) atoms. The normalized spacial score (nSPS) is 22.5. The molecule has 0 radical (unpaired) electrons. The van der Waals surface area contributed by atoms with Gasteiger partial charge in [-0.1, -0.05) is 6.07 Å². The van der Waals surface area contributed by atoms with Crippen LogP contribution < -0.4 is 10.6 Å². The van der Waals surface area contributed by atoms with Crippen LogP contribution in [0.15, 0.2) is 30.3 Å². The van der Waals surface area contributed by atoms with E-state index in [-0.39, 0.29) is 6.04 Å². The fourth-order valence-electron chi connectivity index (χ4n) is 5.53. The van der Waals surface area contributed by atoms with E-state index < -0.39 is 11.7 Å². The lowest BCUT2D eigenvalue weighted by Crippen LogP contribution is -2.43. The Balaban J connectivity index is 1.20. The molecule has 1 atom stereocenters.